The zero-order valence-corrected chi connectivity index (χ0v) is 14.8. The second-order valence-corrected chi connectivity index (χ2v) is 6.52. The van der Waals surface area contributed by atoms with Crippen molar-refractivity contribution in [1.82, 2.24) is 19.8 Å². The van der Waals surface area contributed by atoms with Gasteiger partial charge in [-0.2, -0.15) is 0 Å². The van der Waals surface area contributed by atoms with E-state index in [9.17, 15) is 4.79 Å². The Kier molecular flexibility index (Phi) is 4.57. The summed E-state index contributed by atoms with van der Waals surface area (Å²) in [6, 6.07) is 7.86. The highest BCUT2D eigenvalue weighted by Crippen LogP contribution is 2.28. The molecule has 3 rings (SSSR count). The fourth-order valence-electron chi connectivity index (χ4n) is 3.32. The maximum Gasteiger partial charge on any atom is 0.242 e. The molecule has 24 heavy (non-hydrogen) atoms. The van der Waals surface area contributed by atoms with Crippen LogP contribution in [-0.2, 0) is 18.4 Å². The molecule has 2 heterocycles. The van der Waals surface area contributed by atoms with Crippen LogP contribution in [0.1, 0.15) is 22.9 Å². The Morgan fingerprint density at radius 3 is 2.75 bits per heavy atom. The number of benzene rings is 1. The average Bonchev–Trinajstić information content (AvgIpc) is 2.90. The number of imidazole rings is 1. The molecule has 1 fully saturated rings. The molecule has 1 atom stereocenters. The lowest BCUT2D eigenvalue weighted by Gasteiger charge is -2.36. The average molecular weight is 327 g/mol. The molecule has 128 valence electrons. The second kappa shape index (κ2) is 6.65. The van der Waals surface area contributed by atoms with E-state index in [2.05, 4.69) is 32.8 Å². The Labute approximate surface area is 143 Å². The number of piperazine rings is 1. The molecule has 0 aliphatic carbocycles. The van der Waals surface area contributed by atoms with Gasteiger partial charge >= 0.3 is 0 Å². The number of hydrogen-bond acceptors (Lipinski definition) is 4. The van der Waals surface area contributed by atoms with E-state index < -0.39 is 0 Å². The van der Waals surface area contributed by atoms with Crippen LogP contribution in [0.15, 0.2) is 30.5 Å². The molecule has 1 aliphatic heterocycles. The number of carbonyl (C=O) groups is 1. The summed E-state index contributed by atoms with van der Waals surface area (Å²) >= 11 is 0. The van der Waals surface area contributed by atoms with Crippen LogP contribution in [0.25, 0.3) is 0 Å². The fourth-order valence-corrected chi connectivity index (χ4v) is 3.32. The monoisotopic (exact) mass is 327 g/mol. The van der Waals surface area contributed by atoms with E-state index in [1.165, 1.54) is 0 Å². The van der Waals surface area contributed by atoms with Crippen molar-refractivity contribution in [3.63, 3.8) is 0 Å². The molecule has 1 amide bonds. The van der Waals surface area contributed by atoms with E-state index in [0.717, 1.165) is 29.3 Å². The minimum absolute atomic E-state index is 0.0746. The summed E-state index contributed by atoms with van der Waals surface area (Å²) in [4.78, 5) is 21.3. The fraction of sp³-hybridized carbons (Fsp3) is 0.444. The van der Waals surface area contributed by atoms with Crippen molar-refractivity contribution in [1.29, 1.82) is 0 Å². The van der Waals surface area contributed by atoms with Crippen molar-refractivity contribution < 1.29 is 4.79 Å². The molecular weight excluding hydrogens is 302 g/mol. The van der Waals surface area contributed by atoms with Gasteiger partial charge in [-0.05, 0) is 18.1 Å². The smallest absolute Gasteiger partial charge is 0.242 e. The largest absolute Gasteiger partial charge is 0.353 e. The Balaban J connectivity index is 1.90. The normalized spacial score (nSPS) is 18.5. The number of aryl methyl sites for hydroxylation is 1. The van der Waals surface area contributed by atoms with E-state index >= 15 is 0 Å². The second-order valence-electron chi connectivity index (χ2n) is 6.52. The van der Waals surface area contributed by atoms with Gasteiger partial charge < -0.3 is 14.8 Å². The summed E-state index contributed by atoms with van der Waals surface area (Å²) in [5.41, 5.74) is 3.32. The van der Waals surface area contributed by atoms with Crippen LogP contribution < -0.4 is 10.2 Å². The number of rotatable bonds is 4. The molecule has 1 N–H and O–H groups in total. The van der Waals surface area contributed by atoms with Crippen LogP contribution in [0.4, 0.5) is 5.95 Å². The van der Waals surface area contributed by atoms with Gasteiger partial charge in [0.05, 0.1) is 11.9 Å². The highest BCUT2D eigenvalue weighted by Gasteiger charge is 2.32. The van der Waals surface area contributed by atoms with Gasteiger partial charge in [0.1, 0.15) is 6.04 Å². The summed E-state index contributed by atoms with van der Waals surface area (Å²) in [5, 5.41) is 3.00. The van der Waals surface area contributed by atoms with Gasteiger partial charge in [0.2, 0.25) is 11.9 Å². The third-order valence-electron chi connectivity index (χ3n) is 4.62. The third kappa shape index (κ3) is 3.01. The van der Waals surface area contributed by atoms with Gasteiger partial charge in [-0.25, -0.2) is 4.98 Å². The van der Waals surface area contributed by atoms with E-state index in [1.807, 2.05) is 50.4 Å². The Morgan fingerprint density at radius 1 is 1.33 bits per heavy atom. The van der Waals surface area contributed by atoms with E-state index in [0.29, 0.717) is 13.1 Å². The molecule has 0 bridgehead atoms. The predicted molar refractivity (Wildman–Crippen MR) is 94.9 cm³/mol. The predicted octanol–water partition coefficient (Wildman–Crippen LogP) is 1.47. The van der Waals surface area contributed by atoms with Crippen LogP contribution in [0.5, 0.6) is 0 Å². The SMILES string of the molecule is Cc1ccccc1C1C(=O)NCCN1Cc1cnc(N(C)C)n1C. The Bertz CT molecular complexity index is 737. The number of anilines is 1. The van der Waals surface area contributed by atoms with Crippen LogP contribution in [0, 0.1) is 6.92 Å². The lowest BCUT2D eigenvalue weighted by Crippen LogP contribution is -2.49. The molecule has 2 aromatic rings. The number of aromatic nitrogens is 2. The number of nitrogens with one attached hydrogen (secondary N) is 1. The first-order valence-electron chi connectivity index (χ1n) is 8.24. The van der Waals surface area contributed by atoms with Crippen LogP contribution in [0.2, 0.25) is 0 Å². The maximum atomic E-state index is 12.6. The molecule has 1 unspecified atom stereocenters. The first-order chi connectivity index (χ1) is 11.5. The number of carbonyl (C=O) groups excluding carboxylic acids is 1. The van der Waals surface area contributed by atoms with Crippen molar-refractivity contribution in [3.05, 3.63) is 47.3 Å². The van der Waals surface area contributed by atoms with Gasteiger partial charge in [-0.15, -0.1) is 0 Å². The van der Waals surface area contributed by atoms with Gasteiger partial charge in [-0.3, -0.25) is 9.69 Å². The molecule has 1 saturated heterocycles. The minimum Gasteiger partial charge on any atom is -0.353 e. The zero-order valence-electron chi connectivity index (χ0n) is 14.8. The van der Waals surface area contributed by atoms with E-state index in [-0.39, 0.29) is 11.9 Å². The van der Waals surface area contributed by atoms with Crippen molar-refractivity contribution in [2.45, 2.75) is 19.5 Å². The van der Waals surface area contributed by atoms with Crippen molar-refractivity contribution >= 4 is 11.9 Å². The molecule has 6 nitrogen and oxygen atoms in total. The summed E-state index contributed by atoms with van der Waals surface area (Å²) < 4.78 is 2.08. The summed E-state index contributed by atoms with van der Waals surface area (Å²) in [6.45, 7) is 4.26. The highest BCUT2D eigenvalue weighted by molar-refractivity contribution is 5.84. The van der Waals surface area contributed by atoms with E-state index in [1.54, 1.807) is 0 Å². The lowest BCUT2D eigenvalue weighted by atomic mass is 9.97. The third-order valence-corrected chi connectivity index (χ3v) is 4.62. The molecule has 0 spiro atoms. The molecule has 0 saturated carbocycles. The van der Waals surface area contributed by atoms with Crippen molar-refractivity contribution in [2.75, 3.05) is 32.1 Å². The number of amides is 1. The standard InChI is InChI=1S/C18H25N5O/c1-13-7-5-6-8-15(13)16-17(24)19-9-10-23(16)12-14-11-20-18(21(2)3)22(14)4/h5-8,11,16H,9-10,12H2,1-4H3,(H,19,24). The summed E-state index contributed by atoms with van der Waals surface area (Å²) in [7, 11) is 5.98. The Hall–Kier alpha value is -2.34. The highest BCUT2D eigenvalue weighted by atomic mass is 16.2. The van der Waals surface area contributed by atoms with Gasteiger partial charge in [-0.1, -0.05) is 24.3 Å². The topological polar surface area (TPSA) is 53.4 Å². The molecule has 1 aromatic heterocycles. The molecular formula is C18H25N5O. The zero-order chi connectivity index (χ0) is 17.3. The first-order valence-corrected chi connectivity index (χ1v) is 8.24. The van der Waals surface area contributed by atoms with Gasteiger partial charge in [0.15, 0.2) is 0 Å². The van der Waals surface area contributed by atoms with Crippen molar-refractivity contribution in [3.8, 4) is 0 Å². The lowest BCUT2D eigenvalue weighted by molar-refractivity contribution is -0.129. The molecule has 6 heteroatoms. The molecule has 1 aliphatic rings. The first kappa shape index (κ1) is 16.5. The molecule has 0 radical (unpaired) electrons. The van der Waals surface area contributed by atoms with Gasteiger partial charge in [0, 0.05) is 40.8 Å². The quantitative estimate of drug-likeness (QED) is 0.924. The summed E-state index contributed by atoms with van der Waals surface area (Å²) in [5.74, 6) is 0.990. The number of nitrogens with zero attached hydrogens (tertiary/aromatic N) is 4. The number of hydrogen-bond donors (Lipinski definition) is 1. The van der Waals surface area contributed by atoms with E-state index in [4.69, 9.17) is 0 Å². The minimum atomic E-state index is -0.252. The van der Waals surface area contributed by atoms with Crippen LogP contribution in [-0.4, -0.2) is 47.5 Å². The van der Waals surface area contributed by atoms with Crippen LogP contribution in [0.3, 0.4) is 0 Å². The van der Waals surface area contributed by atoms with Crippen molar-refractivity contribution in [2.24, 2.45) is 7.05 Å². The Morgan fingerprint density at radius 2 is 2.08 bits per heavy atom. The summed E-state index contributed by atoms with van der Waals surface area (Å²) in [6.07, 6.45) is 1.90. The molecule has 1 aromatic carbocycles. The van der Waals surface area contributed by atoms with Crippen LogP contribution >= 0.6 is 0 Å². The van der Waals surface area contributed by atoms with Gasteiger partial charge in [0.25, 0.3) is 0 Å². The maximum absolute atomic E-state index is 12.6.